The quantitative estimate of drug-likeness (QED) is 0.535. The SMILES string of the molecule is CCC(C(=O)NCC(C)C)N(Cc1cccc(OC)c1)C(=O)CN1C(=O)c2ccccc2S1(=O)=O. The first kappa shape index (κ1) is 26.2. The number of benzene rings is 2. The standard InChI is InChI=1S/C25H31N3O6S/c1-5-21(24(30)26-14-17(2)3)27(15-18-9-8-10-19(13-18)34-4)23(29)16-28-25(31)20-11-6-7-12-22(20)35(28,32)33/h6-13,17,21H,5,14-16H2,1-4H3,(H,26,30). The van der Waals surface area contributed by atoms with Crippen molar-refractivity contribution in [2.75, 3.05) is 20.2 Å². The van der Waals surface area contributed by atoms with Crippen LogP contribution in [0.1, 0.15) is 43.1 Å². The van der Waals surface area contributed by atoms with Gasteiger partial charge in [-0.3, -0.25) is 14.4 Å². The molecule has 2 aromatic rings. The Morgan fingerprint density at radius 2 is 1.83 bits per heavy atom. The van der Waals surface area contributed by atoms with Crippen molar-refractivity contribution in [3.8, 4) is 5.75 Å². The molecule has 0 aromatic heterocycles. The molecule has 1 aliphatic heterocycles. The Morgan fingerprint density at radius 3 is 2.46 bits per heavy atom. The summed E-state index contributed by atoms with van der Waals surface area (Å²) < 4.78 is 31.8. The van der Waals surface area contributed by atoms with Gasteiger partial charge in [0.05, 0.1) is 12.7 Å². The summed E-state index contributed by atoms with van der Waals surface area (Å²) in [6.07, 6.45) is 0.306. The number of sulfonamides is 1. The Kier molecular flexibility index (Phi) is 8.16. The summed E-state index contributed by atoms with van der Waals surface area (Å²) >= 11 is 0. The Morgan fingerprint density at radius 1 is 1.11 bits per heavy atom. The predicted molar refractivity (Wildman–Crippen MR) is 130 cm³/mol. The van der Waals surface area contributed by atoms with Crippen LogP contribution in [-0.2, 0) is 26.2 Å². The lowest BCUT2D eigenvalue weighted by molar-refractivity contribution is -0.141. The minimum atomic E-state index is -4.17. The molecule has 0 saturated carbocycles. The zero-order valence-electron chi connectivity index (χ0n) is 20.4. The number of amides is 3. The van der Waals surface area contributed by atoms with Gasteiger partial charge in [-0.25, -0.2) is 12.7 Å². The first-order valence-electron chi connectivity index (χ1n) is 11.5. The number of carbonyl (C=O) groups excluding carboxylic acids is 3. The fourth-order valence-electron chi connectivity index (χ4n) is 3.91. The van der Waals surface area contributed by atoms with Crippen molar-refractivity contribution in [2.24, 2.45) is 5.92 Å². The molecule has 188 valence electrons. The van der Waals surface area contributed by atoms with Crippen LogP contribution < -0.4 is 10.1 Å². The number of rotatable bonds is 10. The van der Waals surface area contributed by atoms with Crippen LogP contribution in [0, 0.1) is 5.92 Å². The van der Waals surface area contributed by atoms with Crippen molar-refractivity contribution >= 4 is 27.7 Å². The molecule has 0 aliphatic carbocycles. The molecule has 2 aromatic carbocycles. The van der Waals surface area contributed by atoms with E-state index in [-0.39, 0.29) is 28.8 Å². The summed E-state index contributed by atoms with van der Waals surface area (Å²) in [7, 11) is -2.64. The molecule has 1 aliphatic rings. The summed E-state index contributed by atoms with van der Waals surface area (Å²) in [6, 6.07) is 12.1. The maximum absolute atomic E-state index is 13.5. The van der Waals surface area contributed by atoms with E-state index in [9.17, 15) is 22.8 Å². The number of carbonyl (C=O) groups is 3. The van der Waals surface area contributed by atoms with Gasteiger partial charge in [0.25, 0.3) is 15.9 Å². The van der Waals surface area contributed by atoms with E-state index in [1.54, 1.807) is 37.3 Å². The van der Waals surface area contributed by atoms with Crippen LogP contribution >= 0.6 is 0 Å². The molecule has 1 heterocycles. The van der Waals surface area contributed by atoms with E-state index in [0.717, 1.165) is 0 Å². The van der Waals surface area contributed by atoms with Crippen LogP contribution in [0.4, 0.5) is 0 Å². The molecule has 3 rings (SSSR count). The molecule has 35 heavy (non-hydrogen) atoms. The number of nitrogens with zero attached hydrogens (tertiary/aromatic N) is 2. The summed E-state index contributed by atoms with van der Waals surface area (Å²) in [5.41, 5.74) is 0.730. The first-order chi connectivity index (χ1) is 16.6. The van der Waals surface area contributed by atoms with Gasteiger partial charge in [-0.1, -0.05) is 45.0 Å². The van der Waals surface area contributed by atoms with Crippen LogP contribution in [0.25, 0.3) is 0 Å². The number of fused-ring (bicyclic) bond motifs is 1. The zero-order valence-corrected chi connectivity index (χ0v) is 21.2. The summed E-state index contributed by atoms with van der Waals surface area (Å²) in [5, 5.41) is 2.85. The molecule has 9 nitrogen and oxygen atoms in total. The second-order valence-electron chi connectivity index (χ2n) is 8.75. The predicted octanol–water partition coefficient (Wildman–Crippen LogP) is 2.42. The van der Waals surface area contributed by atoms with E-state index in [4.69, 9.17) is 4.74 Å². The molecule has 0 saturated heterocycles. The van der Waals surface area contributed by atoms with Gasteiger partial charge in [0.15, 0.2) is 0 Å². The van der Waals surface area contributed by atoms with Crippen molar-refractivity contribution in [3.63, 3.8) is 0 Å². The van der Waals surface area contributed by atoms with Gasteiger partial charge in [0.1, 0.15) is 23.2 Å². The third kappa shape index (κ3) is 5.64. The Bertz CT molecular complexity index is 1210. The van der Waals surface area contributed by atoms with Crippen molar-refractivity contribution < 1.29 is 27.5 Å². The molecular weight excluding hydrogens is 470 g/mol. The number of hydrogen-bond donors (Lipinski definition) is 1. The van der Waals surface area contributed by atoms with Gasteiger partial charge in [-0.05, 0) is 42.2 Å². The third-order valence-electron chi connectivity index (χ3n) is 5.75. The Balaban J connectivity index is 1.92. The Hall–Kier alpha value is -3.40. The van der Waals surface area contributed by atoms with Crippen molar-refractivity contribution in [1.82, 2.24) is 14.5 Å². The lowest BCUT2D eigenvalue weighted by Gasteiger charge is -2.32. The zero-order chi connectivity index (χ0) is 25.8. The molecule has 0 spiro atoms. The highest BCUT2D eigenvalue weighted by Gasteiger charge is 2.43. The monoisotopic (exact) mass is 501 g/mol. The smallest absolute Gasteiger partial charge is 0.269 e. The minimum absolute atomic E-state index is 0.0290. The highest BCUT2D eigenvalue weighted by molar-refractivity contribution is 7.90. The average molecular weight is 502 g/mol. The van der Waals surface area contributed by atoms with Crippen LogP contribution in [0.3, 0.4) is 0 Å². The van der Waals surface area contributed by atoms with Gasteiger partial charge in [-0.2, -0.15) is 0 Å². The van der Waals surface area contributed by atoms with Crippen molar-refractivity contribution in [2.45, 2.75) is 44.7 Å². The van der Waals surface area contributed by atoms with Crippen LogP contribution in [0.2, 0.25) is 0 Å². The lowest BCUT2D eigenvalue weighted by atomic mass is 10.1. The molecule has 3 amide bonds. The number of nitrogens with one attached hydrogen (secondary N) is 1. The van der Waals surface area contributed by atoms with Gasteiger partial charge in [0, 0.05) is 13.1 Å². The maximum Gasteiger partial charge on any atom is 0.269 e. The fraction of sp³-hybridized carbons (Fsp3) is 0.400. The lowest BCUT2D eigenvalue weighted by Crippen LogP contribution is -2.52. The molecule has 1 N–H and O–H groups in total. The van der Waals surface area contributed by atoms with E-state index in [0.29, 0.717) is 28.6 Å². The van der Waals surface area contributed by atoms with Crippen molar-refractivity contribution in [1.29, 1.82) is 0 Å². The van der Waals surface area contributed by atoms with E-state index >= 15 is 0 Å². The van der Waals surface area contributed by atoms with Crippen molar-refractivity contribution in [3.05, 3.63) is 59.7 Å². The van der Waals surface area contributed by atoms with E-state index in [2.05, 4.69) is 5.32 Å². The molecule has 10 heteroatoms. The van der Waals surface area contributed by atoms with Crippen LogP contribution in [-0.4, -0.2) is 61.6 Å². The third-order valence-corrected chi connectivity index (χ3v) is 7.54. The van der Waals surface area contributed by atoms with Gasteiger partial charge in [-0.15, -0.1) is 0 Å². The molecule has 1 atom stereocenters. The molecule has 0 bridgehead atoms. The normalized spacial score (nSPS) is 15.0. The van der Waals surface area contributed by atoms with Crippen LogP contribution in [0.15, 0.2) is 53.4 Å². The first-order valence-corrected chi connectivity index (χ1v) is 12.9. The Labute approximate surface area is 206 Å². The highest BCUT2D eigenvalue weighted by Crippen LogP contribution is 2.30. The molecule has 1 unspecified atom stereocenters. The molecular formula is C25H31N3O6S. The molecule has 0 fully saturated rings. The van der Waals surface area contributed by atoms with E-state index in [1.807, 2.05) is 13.8 Å². The maximum atomic E-state index is 13.5. The summed E-state index contributed by atoms with van der Waals surface area (Å²) in [6.45, 7) is 5.47. The number of hydrogen-bond acceptors (Lipinski definition) is 6. The van der Waals surface area contributed by atoms with Gasteiger partial charge >= 0.3 is 0 Å². The largest absolute Gasteiger partial charge is 0.497 e. The fourth-order valence-corrected chi connectivity index (χ4v) is 5.43. The van der Waals surface area contributed by atoms with Crippen LogP contribution in [0.5, 0.6) is 5.75 Å². The summed E-state index contributed by atoms with van der Waals surface area (Å²) in [4.78, 5) is 40.6. The summed E-state index contributed by atoms with van der Waals surface area (Å²) in [5.74, 6) is -0.946. The topological polar surface area (TPSA) is 113 Å². The van der Waals surface area contributed by atoms with Gasteiger partial charge < -0.3 is 15.0 Å². The average Bonchev–Trinajstić information content (AvgIpc) is 3.03. The van der Waals surface area contributed by atoms with E-state index in [1.165, 1.54) is 30.2 Å². The molecule has 0 radical (unpaired) electrons. The minimum Gasteiger partial charge on any atom is -0.497 e. The van der Waals surface area contributed by atoms with Gasteiger partial charge in [0.2, 0.25) is 11.8 Å². The second-order valence-corrected chi connectivity index (χ2v) is 10.6. The number of ether oxygens (including phenoxy) is 1. The number of methoxy groups -OCH3 is 1. The van der Waals surface area contributed by atoms with E-state index < -0.39 is 34.4 Å². The second kappa shape index (κ2) is 10.9. The highest BCUT2D eigenvalue weighted by atomic mass is 32.2.